The Morgan fingerprint density at radius 1 is 1.35 bits per heavy atom. The maximum absolute atomic E-state index is 15.2. The number of ether oxygens (including phenoxy) is 2. The molecule has 3 rings (SSSR count). The molecule has 1 saturated carbocycles. The molecule has 0 N–H and O–H groups in total. The molecule has 1 aliphatic carbocycles. The fourth-order valence-electron chi connectivity index (χ4n) is 4.72. The van der Waals surface area contributed by atoms with Crippen molar-refractivity contribution in [3.05, 3.63) is 10.4 Å². The van der Waals surface area contributed by atoms with E-state index in [2.05, 4.69) is 14.9 Å². The second kappa shape index (κ2) is 9.48. The van der Waals surface area contributed by atoms with Crippen molar-refractivity contribution in [1.82, 2.24) is 14.7 Å². The molecule has 0 aromatic rings. The topological polar surface area (TPSA) is 111 Å². The van der Waals surface area contributed by atoms with Crippen LogP contribution >= 0.6 is 0 Å². The molecule has 0 bridgehead atoms. The van der Waals surface area contributed by atoms with Crippen molar-refractivity contribution in [1.29, 1.82) is 0 Å². The van der Waals surface area contributed by atoms with Crippen LogP contribution in [0, 0.1) is 0 Å². The van der Waals surface area contributed by atoms with Crippen LogP contribution in [-0.4, -0.2) is 96.1 Å². The first-order valence-electron chi connectivity index (χ1n) is 10.9. The predicted molar refractivity (Wildman–Crippen MR) is 111 cm³/mol. The van der Waals surface area contributed by atoms with Gasteiger partial charge in [0.2, 0.25) is 0 Å². The normalized spacial score (nSPS) is 31.5. The van der Waals surface area contributed by atoms with E-state index in [1.165, 1.54) is 0 Å². The van der Waals surface area contributed by atoms with E-state index in [1.54, 1.807) is 9.80 Å². The minimum atomic E-state index is -1.08. The SMILES string of the molecule is CN(C1CCN(C(=O)OC(C)(C)C)C1)C1CCC(N2C[C@H](CN=[N+]=[N-])OC2=O)CC1F. The Bertz CT molecular complexity index is 725. The van der Waals surface area contributed by atoms with Gasteiger partial charge in [0.05, 0.1) is 13.1 Å². The standard InChI is InChI=1S/C20H33FN6O4/c1-20(2,3)31-18(28)26-8-7-14(11-26)25(4)17-6-5-13(9-16(17)21)27-12-15(10-23-24-22)30-19(27)29/h13-17H,5-12H2,1-4H3/t13?,14?,15-,16?,17?/m0/s1. The fraction of sp³-hybridized carbons (Fsp3) is 0.900. The molecule has 0 aromatic carbocycles. The number of likely N-dealkylation sites (N-methyl/N-ethyl adjacent to an activating group) is 1. The van der Waals surface area contributed by atoms with Gasteiger partial charge in [0.15, 0.2) is 0 Å². The third-order valence-corrected chi connectivity index (χ3v) is 6.32. The lowest BCUT2D eigenvalue weighted by Crippen LogP contribution is -2.52. The zero-order valence-corrected chi connectivity index (χ0v) is 18.7. The van der Waals surface area contributed by atoms with Crippen molar-refractivity contribution >= 4 is 12.2 Å². The van der Waals surface area contributed by atoms with Crippen LogP contribution in [0.15, 0.2) is 5.11 Å². The first-order chi connectivity index (χ1) is 14.6. The minimum Gasteiger partial charge on any atom is -0.444 e. The number of amides is 2. The van der Waals surface area contributed by atoms with Crippen molar-refractivity contribution in [3.8, 4) is 0 Å². The molecule has 11 heteroatoms. The van der Waals surface area contributed by atoms with E-state index in [9.17, 15) is 9.59 Å². The summed E-state index contributed by atoms with van der Waals surface area (Å²) in [5, 5.41) is 3.46. The van der Waals surface area contributed by atoms with Gasteiger partial charge in [0.25, 0.3) is 0 Å². The fourth-order valence-corrected chi connectivity index (χ4v) is 4.72. The van der Waals surface area contributed by atoms with Crippen LogP contribution in [0.2, 0.25) is 0 Å². The maximum Gasteiger partial charge on any atom is 0.410 e. The molecule has 10 nitrogen and oxygen atoms in total. The van der Waals surface area contributed by atoms with Crippen LogP contribution in [0.3, 0.4) is 0 Å². The van der Waals surface area contributed by atoms with Gasteiger partial charge in [-0.3, -0.25) is 4.90 Å². The summed E-state index contributed by atoms with van der Waals surface area (Å²) < 4.78 is 25.8. The van der Waals surface area contributed by atoms with E-state index < -0.39 is 24.0 Å². The Kier molecular flexibility index (Phi) is 7.16. The van der Waals surface area contributed by atoms with Crippen LogP contribution in [0.1, 0.15) is 46.5 Å². The number of carbonyl (C=O) groups is 2. The first kappa shape index (κ1) is 23.4. The van der Waals surface area contributed by atoms with Gasteiger partial charge >= 0.3 is 12.2 Å². The zero-order chi connectivity index (χ0) is 22.8. The Morgan fingerprint density at radius 2 is 2.10 bits per heavy atom. The summed E-state index contributed by atoms with van der Waals surface area (Å²) in [6.07, 6.45) is -0.0136. The molecule has 2 amide bonds. The Hall–Kier alpha value is -2.26. The van der Waals surface area contributed by atoms with Gasteiger partial charge in [-0.15, -0.1) is 0 Å². The molecule has 174 valence electrons. The van der Waals surface area contributed by atoms with Gasteiger partial charge in [-0.05, 0) is 52.6 Å². The van der Waals surface area contributed by atoms with Gasteiger partial charge in [0, 0.05) is 42.5 Å². The largest absolute Gasteiger partial charge is 0.444 e. The van der Waals surface area contributed by atoms with Crippen LogP contribution in [-0.2, 0) is 9.47 Å². The molecule has 2 heterocycles. The summed E-state index contributed by atoms with van der Waals surface area (Å²) in [6, 6.07) is -0.389. The minimum absolute atomic E-state index is 0.0808. The van der Waals surface area contributed by atoms with E-state index in [4.69, 9.17) is 15.0 Å². The third kappa shape index (κ3) is 5.71. The van der Waals surface area contributed by atoms with Crippen molar-refractivity contribution in [2.45, 2.75) is 82.5 Å². The summed E-state index contributed by atoms with van der Waals surface area (Å²) in [5.41, 5.74) is 7.89. The summed E-state index contributed by atoms with van der Waals surface area (Å²) in [5.74, 6) is 0. The van der Waals surface area contributed by atoms with Gasteiger partial charge in [0.1, 0.15) is 17.9 Å². The molecule has 2 aliphatic heterocycles. The number of halogens is 1. The lowest BCUT2D eigenvalue weighted by molar-refractivity contribution is 0.0223. The smallest absolute Gasteiger partial charge is 0.410 e. The molecule has 0 radical (unpaired) electrons. The Labute approximate surface area is 182 Å². The number of rotatable bonds is 5. The number of azide groups is 1. The van der Waals surface area contributed by atoms with Gasteiger partial charge in [-0.1, -0.05) is 5.11 Å². The van der Waals surface area contributed by atoms with Crippen molar-refractivity contribution in [3.63, 3.8) is 0 Å². The summed E-state index contributed by atoms with van der Waals surface area (Å²) in [4.78, 5) is 32.5. The number of likely N-dealkylation sites (tertiary alicyclic amines) is 1. The average molecular weight is 441 g/mol. The van der Waals surface area contributed by atoms with Crippen molar-refractivity contribution in [2.75, 3.05) is 33.2 Å². The van der Waals surface area contributed by atoms with Gasteiger partial charge in [-0.2, -0.15) is 0 Å². The zero-order valence-electron chi connectivity index (χ0n) is 18.7. The molecule has 2 saturated heterocycles. The number of hydrogen-bond donors (Lipinski definition) is 0. The highest BCUT2D eigenvalue weighted by Crippen LogP contribution is 2.33. The lowest BCUT2D eigenvalue weighted by atomic mass is 9.87. The first-order valence-corrected chi connectivity index (χ1v) is 10.9. The molecular weight excluding hydrogens is 407 g/mol. The Morgan fingerprint density at radius 3 is 2.74 bits per heavy atom. The monoisotopic (exact) mass is 440 g/mol. The number of cyclic esters (lactones) is 1. The third-order valence-electron chi connectivity index (χ3n) is 6.32. The molecule has 0 aromatic heterocycles. The van der Waals surface area contributed by atoms with E-state index in [-0.39, 0.29) is 37.2 Å². The van der Waals surface area contributed by atoms with Crippen LogP contribution in [0.5, 0.6) is 0 Å². The number of carbonyl (C=O) groups excluding carboxylic acids is 2. The van der Waals surface area contributed by atoms with Gasteiger partial charge in [-0.25, -0.2) is 14.0 Å². The second-order valence-electron chi connectivity index (χ2n) is 9.66. The molecule has 5 atom stereocenters. The van der Waals surface area contributed by atoms with E-state index in [0.717, 1.165) is 6.42 Å². The van der Waals surface area contributed by atoms with Crippen molar-refractivity contribution < 1.29 is 23.5 Å². The predicted octanol–water partition coefficient (Wildman–Crippen LogP) is 3.32. The average Bonchev–Trinajstić information content (AvgIpc) is 3.31. The molecule has 3 aliphatic rings. The summed E-state index contributed by atoms with van der Waals surface area (Å²) in [6.45, 7) is 7.05. The quantitative estimate of drug-likeness (QED) is 0.370. The summed E-state index contributed by atoms with van der Waals surface area (Å²) in [7, 11) is 1.92. The molecule has 3 fully saturated rings. The van der Waals surface area contributed by atoms with Crippen LogP contribution < -0.4 is 0 Å². The Balaban J connectivity index is 1.51. The number of alkyl halides is 1. The highest BCUT2D eigenvalue weighted by molar-refractivity contribution is 5.70. The van der Waals surface area contributed by atoms with Crippen LogP contribution in [0.25, 0.3) is 10.4 Å². The number of nitrogens with zero attached hydrogens (tertiary/aromatic N) is 6. The van der Waals surface area contributed by atoms with E-state index in [1.807, 2.05) is 27.8 Å². The molecule has 4 unspecified atom stereocenters. The molecular formula is C20H33FN6O4. The molecule has 0 spiro atoms. The molecule has 31 heavy (non-hydrogen) atoms. The second-order valence-corrected chi connectivity index (χ2v) is 9.66. The number of hydrogen-bond acceptors (Lipinski definition) is 6. The van der Waals surface area contributed by atoms with E-state index >= 15 is 4.39 Å². The summed E-state index contributed by atoms with van der Waals surface area (Å²) >= 11 is 0. The lowest BCUT2D eigenvalue weighted by Gasteiger charge is -2.41. The maximum atomic E-state index is 15.2. The highest BCUT2D eigenvalue weighted by Gasteiger charge is 2.43. The highest BCUT2D eigenvalue weighted by atomic mass is 19.1. The van der Waals surface area contributed by atoms with Crippen molar-refractivity contribution in [2.24, 2.45) is 5.11 Å². The van der Waals surface area contributed by atoms with Gasteiger partial charge < -0.3 is 19.3 Å². The van der Waals surface area contributed by atoms with E-state index in [0.29, 0.717) is 32.5 Å². The van der Waals surface area contributed by atoms with Crippen LogP contribution in [0.4, 0.5) is 14.0 Å².